The zero-order chi connectivity index (χ0) is 22.6. The molecule has 1 aliphatic carbocycles. The molecule has 3 aromatic rings. The summed E-state index contributed by atoms with van der Waals surface area (Å²) in [5.74, 6) is -3.40. The number of halogens is 3. The molecule has 1 aliphatic heterocycles. The van der Waals surface area contributed by atoms with E-state index in [2.05, 4.69) is 15.6 Å². The Morgan fingerprint density at radius 3 is 2.88 bits per heavy atom. The van der Waals surface area contributed by atoms with E-state index in [1.807, 2.05) is 6.07 Å². The molecule has 0 saturated heterocycles. The summed E-state index contributed by atoms with van der Waals surface area (Å²) in [4.78, 5) is 16.8. The van der Waals surface area contributed by atoms with Crippen molar-refractivity contribution in [2.45, 2.75) is 24.8 Å². The molecule has 1 unspecified atom stereocenters. The van der Waals surface area contributed by atoms with Crippen molar-refractivity contribution < 1.29 is 13.5 Å². The summed E-state index contributed by atoms with van der Waals surface area (Å²) in [6.45, 7) is -0.853. The molecule has 0 radical (unpaired) electrons. The van der Waals surface area contributed by atoms with E-state index in [1.54, 1.807) is 31.3 Å². The van der Waals surface area contributed by atoms with Gasteiger partial charge in [-0.15, -0.1) is 0 Å². The SMILES string of the molecule is Cn1c(=O)c2c(c3cc(Nc4ccnc(Cl)c4C#N)ccc31)NC(C1CC1)C(F)(F)CO2. The van der Waals surface area contributed by atoms with Gasteiger partial charge in [0, 0.05) is 24.3 Å². The lowest BCUT2D eigenvalue weighted by Gasteiger charge is -2.25. The predicted molar refractivity (Wildman–Crippen MR) is 117 cm³/mol. The van der Waals surface area contributed by atoms with Crippen molar-refractivity contribution in [3.05, 3.63) is 51.5 Å². The van der Waals surface area contributed by atoms with Crippen molar-refractivity contribution in [3.8, 4) is 11.8 Å². The van der Waals surface area contributed by atoms with Crippen LogP contribution in [-0.2, 0) is 7.05 Å². The number of aromatic nitrogens is 2. The molecule has 1 fully saturated rings. The van der Waals surface area contributed by atoms with Gasteiger partial charge in [-0.3, -0.25) is 4.79 Å². The molecule has 0 amide bonds. The van der Waals surface area contributed by atoms with E-state index in [0.29, 0.717) is 35.1 Å². The van der Waals surface area contributed by atoms with E-state index in [1.165, 1.54) is 10.8 Å². The van der Waals surface area contributed by atoms with Crippen LogP contribution in [0.2, 0.25) is 5.15 Å². The number of fused-ring (bicyclic) bond motifs is 3. The van der Waals surface area contributed by atoms with E-state index in [4.69, 9.17) is 16.3 Å². The fourth-order valence-corrected chi connectivity index (χ4v) is 4.29. The lowest BCUT2D eigenvalue weighted by atomic mass is 10.0. The van der Waals surface area contributed by atoms with E-state index in [0.717, 1.165) is 0 Å². The molecule has 0 spiro atoms. The Kier molecular flexibility index (Phi) is 4.71. The van der Waals surface area contributed by atoms with Crippen LogP contribution < -0.4 is 20.9 Å². The molecule has 2 aliphatic rings. The van der Waals surface area contributed by atoms with Crippen LogP contribution in [0.4, 0.5) is 25.8 Å². The van der Waals surface area contributed by atoms with Gasteiger partial charge in [-0.2, -0.15) is 5.26 Å². The number of hydrogen-bond donors (Lipinski definition) is 2. The molecular weight excluding hydrogens is 440 g/mol. The Hall–Kier alpha value is -3.38. The molecule has 2 N–H and O–H groups in total. The van der Waals surface area contributed by atoms with E-state index in [9.17, 15) is 18.8 Å². The zero-order valence-corrected chi connectivity index (χ0v) is 17.7. The van der Waals surface area contributed by atoms with Gasteiger partial charge in [-0.1, -0.05) is 11.6 Å². The van der Waals surface area contributed by atoms with Crippen molar-refractivity contribution in [2.75, 3.05) is 17.2 Å². The second kappa shape index (κ2) is 7.35. The second-order valence-corrected chi connectivity index (χ2v) is 8.43. The van der Waals surface area contributed by atoms with Gasteiger partial charge in [0.15, 0.2) is 6.61 Å². The topological polar surface area (TPSA) is 92.0 Å². The van der Waals surface area contributed by atoms with Crippen LogP contribution in [0.1, 0.15) is 18.4 Å². The van der Waals surface area contributed by atoms with Gasteiger partial charge < -0.3 is 19.9 Å². The number of nitriles is 1. The van der Waals surface area contributed by atoms with Crippen LogP contribution >= 0.6 is 11.6 Å². The molecule has 1 aromatic carbocycles. The first-order valence-corrected chi connectivity index (χ1v) is 10.4. The van der Waals surface area contributed by atoms with Crippen molar-refractivity contribution in [2.24, 2.45) is 13.0 Å². The highest BCUT2D eigenvalue weighted by Crippen LogP contribution is 2.45. The maximum atomic E-state index is 14.7. The van der Waals surface area contributed by atoms with Gasteiger partial charge >= 0.3 is 5.92 Å². The molecule has 32 heavy (non-hydrogen) atoms. The summed E-state index contributed by atoms with van der Waals surface area (Å²) < 4.78 is 36.2. The minimum absolute atomic E-state index is 0.0686. The number of ether oxygens (including phenoxy) is 1. The molecule has 5 rings (SSSR count). The minimum Gasteiger partial charge on any atom is -0.480 e. The van der Waals surface area contributed by atoms with Crippen LogP contribution in [0.5, 0.6) is 5.75 Å². The molecule has 10 heteroatoms. The summed E-state index contributed by atoms with van der Waals surface area (Å²) in [5.41, 5.74) is 1.55. The van der Waals surface area contributed by atoms with Crippen LogP contribution in [0, 0.1) is 17.2 Å². The zero-order valence-electron chi connectivity index (χ0n) is 17.0. The van der Waals surface area contributed by atoms with Gasteiger partial charge in [0.05, 0.1) is 22.9 Å². The second-order valence-electron chi connectivity index (χ2n) is 8.07. The molecule has 0 bridgehead atoms. The Labute approximate surface area is 186 Å². The number of nitrogens with one attached hydrogen (secondary N) is 2. The monoisotopic (exact) mass is 457 g/mol. The molecule has 2 aromatic heterocycles. The number of nitrogens with zero attached hydrogens (tertiary/aromatic N) is 3. The number of rotatable bonds is 3. The Morgan fingerprint density at radius 2 is 2.16 bits per heavy atom. The third kappa shape index (κ3) is 3.31. The normalized spacial score (nSPS) is 19.3. The summed E-state index contributed by atoms with van der Waals surface area (Å²) in [5, 5.41) is 16.1. The van der Waals surface area contributed by atoms with Crippen LogP contribution in [0.3, 0.4) is 0 Å². The Bertz CT molecular complexity index is 1350. The lowest BCUT2D eigenvalue weighted by molar-refractivity contribution is -0.0579. The van der Waals surface area contributed by atoms with Crippen molar-refractivity contribution >= 4 is 39.6 Å². The van der Waals surface area contributed by atoms with Crippen LogP contribution in [-0.4, -0.2) is 28.1 Å². The Balaban J connectivity index is 1.65. The average molecular weight is 458 g/mol. The number of pyridine rings is 2. The van der Waals surface area contributed by atoms with Gasteiger partial charge in [0.1, 0.15) is 16.8 Å². The van der Waals surface area contributed by atoms with Crippen LogP contribution in [0.15, 0.2) is 35.3 Å². The van der Waals surface area contributed by atoms with Crippen molar-refractivity contribution in [3.63, 3.8) is 0 Å². The third-order valence-corrected chi connectivity index (χ3v) is 6.19. The first-order chi connectivity index (χ1) is 15.3. The number of anilines is 3. The van der Waals surface area contributed by atoms with E-state index < -0.39 is 24.1 Å². The average Bonchev–Trinajstić information content (AvgIpc) is 3.60. The summed E-state index contributed by atoms with van der Waals surface area (Å²) >= 11 is 6.01. The van der Waals surface area contributed by atoms with Crippen LogP contribution in [0.25, 0.3) is 10.9 Å². The third-order valence-electron chi connectivity index (χ3n) is 5.91. The lowest BCUT2D eigenvalue weighted by Crippen LogP contribution is -2.44. The van der Waals surface area contributed by atoms with Gasteiger partial charge in [0.25, 0.3) is 5.56 Å². The highest BCUT2D eigenvalue weighted by molar-refractivity contribution is 6.31. The number of aryl methyl sites for hydroxylation is 1. The minimum atomic E-state index is -3.11. The van der Waals surface area contributed by atoms with E-state index >= 15 is 0 Å². The number of hydrogen-bond acceptors (Lipinski definition) is 6. The molecular formula is C22H18ClF2N5O2. The highest BCUT2D eigenvalue weighted by atomic mass is 35.5. The number of benzene rings is 1. The summed E-state index contributed by atoms with van der Waals surface area (Å²) in [6.07, 6.45) is 2.88. The fraction of sp³-hybridized carbons (Fsp3) is 0.318. The molecule has 3 heterocycles. The summed E-state index contributed by atoms with van der Waals surface area (Å²) in [7, 11) is 1.57. The maximum absolute atomic E-state index is 14.7. The van der Waals surface area contributed by atoms with Crippen molar-refractivity contribution in [1.29, 1.82) is 5.26 Å². The van der Waals surface area contributed by atoms with Gasteiger partial charge in [-0.25, -0.2) is 13.8 Å². The smallest absolute Gasteiger partial charge is 0.301 e. The first kappa shape index (κ1) is 20.5. The van der Waals surface area contributed by atoms with Gasteiger partial charge in [0.2, 0.25) is 5.75 Å². The van der Waals surface area contributed by atoms with Crippen molar-refractivity contribution in [1.82, 2.24) is 9.55 Å². The van der Waals surface area contributed by atoms with Gasteiger partial charge in [-0.05, 0) is 43.0 Å². The largest absolute Gasteiger partial charge is 0.480 e. The molecule has 1 atom stereocenters. The summed E-state index contributed by atoms with van der Waals surface area (Å²) in [6, 6.07) is 7.69. The Morgan fingerprint density at radius 1 is 1.38 bits per heavy atom. The highest BCUT2D eigenvalue weighted by Gasteiger charge is 2.51. The predicted octanol–water partition coefficient (Wildman–Crippen LogP) is 4.42. The van der Waals surface area contributed by atoms with E-state index in [-0.39, 0.29) is 28.1 Å². The molecule has 7 nitrogen and oxygen atoms in total. The fourth-order valence-electron chi connectivity index (χ4n) is 4.09. The quantitative estimate of drug-likeness (QED) is 0.566. The molecule has 1 saturated carbocycles. The first-order valence-electron chi connectivity index (χ1n) is 10.1. The standard InChI is InChI=1S/C22H18ClF2N5O2/c1-30-16-5-4-12(28-15-6-7-27-20(23)14(15)9-26)8-13(16)17-18(21(30)31)32-10-22(24,25)19(29-17)11-2-3-11/h4-8,11,19,29H,2-3,10H2,1H3,(H,27,28). The molecule has 164 valence electrons. The maximum Gasteiger partial charge on any atom is 0.301 e. The number of alkyl halides is 2.